The van der Waals surface area contributed by atoms with Crippen molar-refractivity contribution in [2.24, 2.45) is 16.5 Å². The number of hydrogen-bond donors (Lipinski definition) is 3. The normalized spacial score (nSPS) is 19.8. The van der Waals surface area contributed by atoms with Crippen LogP contribution >= 0.6 is 0 Å². The first-order valence-corrected chi connectivity index (χ1v) is 5.23. The summed E-state index contributed by atoms with van der Waals surface area (Å²) in [4.78, 5) is 28.0. The minimum Gasteiger partial charge on any atom is -0.370 e. The number of rotatable bonds is 5. The molecule has 0 aromatic rings. The SMILES string of the molecule is CCN1C(=O)NC(=O)[C@@H]1CCCN=C(N)N. The van der Waals surface area contributed by atoms with E-state index < -0.39 is 0 Å². The molecule has 1 aliphatic heterocycles. The van der Waals surface area contributed by atoms with E-state index in [0.717, 1.165) is 0 Å². The van der Waals surface area contributed by atoms with Gasteiger partial charge in [0.15, 0.2) is 5.96 Å². The van der Waals surface area contributed by atoms with Crippen LogP contribution in [0.2, 0.25) is 0 Å². The number of likely N-dealkylation sites (N-methyl/N-ethyl adjacent to an activating group) is 1. The highest BCUT2D eigenvalue weighted by Gasteiger charge is 2.36. The number of carbonyl (C=O) groups is 2. The second-order valence-electron chi connectivity index (χ2n) is 3.55. The van der Waals surface area contributed by atoms with Crippen molar-refractivity contribution in [3.8, 4) is 0 Å². The standard InChI is InChI=1S/C9H17N5O2/c1-2-14-6(7(15)13-9(14)16)4-3-5-12-8(10)11/h6H,2-5H2,1H3,(H4,10,11,12)(H,13,15,16)/t6-/m0/s1. The van der Waals surface area contributed by atoms with Gasteiger partial charge in [0.05, 0.1) is 0 Å². The summed E-state index contributed by atoms with van der Waals surface area (Å²) in [5.41, 5.74) is 10.3. The third-order valence-corrected chi connectivity index (χ3v) is 2.44. The number of aliphatic imine (C=N–C) groups is 1. The summed E-state index contributed by atoms with van der Waals surface area (Å²) in [6.45, 7) is 2.82. The van der Waals surface area contributed by atoms with Gasteiger partial charge < -0.3 is 16.4 Å². The summed E-state index contributed by atoms with van der Waals surface area (Å²) in [6, 6.07) is -0.703. The second kappa shape index (κ2) is 5.34. The predicted octanol–water partition coefficient (Wildman–Crippen LogP) is -1.02. The Hall–Kier alpha value is -1.79. The Morgan fingerprint density at radius 2 is 2.19 bits per heavy atom. The molecule has 7 heteroatoms. The van der Waals surface area contributed by atoms with Crippen LogP contribution in [0.25, 0.3) is 0 Å². The van der Waals surface area contributed by atoms with Crippen LogP contribution in [0.1, 0.15) is 19.8 Å². The molecule has 16 heavy (non-hydrogen) atoms. The van der Waals surface area contributed by atoms with E-state index >= 15 is 0 Å². The maximum atomic E-state index is 11.4. The largest absolute Gasteiger partial charge is 0.370 e. The van der Waals surface area contributed by atoms with Gasteiger partial charge >= 0.3 is 6.03 Å². The molecule has 1 saturated heterocycles. The molecule has 1 atom stereocenters. The van der Waals surface area contributed by atoms with E-state index in [0.29, 0.717) is 25.9 Å². The monoisotopic (exact) mass is 227 g/mol. The van der Waals surface area contributed by atoms with Gasteiger partial charge in [-0.3, -0.25) is 15.1 Å². The fraction of sp³-hybridized carbons (Fsp3) is 0.667. The highest BCUT2D eigenvalue weighted by atomic mass is 16.2. The minimum absolute atomic E-state index is 0.0410. The number of nitrogens with zero attached hydrogens (tertiary/aromatic N) is 2. The Bertz CT molecular complexity index is 311. The van der Waals surface area contributed by atoms with Gasteiger partial charge in [0.2, 0.25) is 0 Å². The molecule has 1 fully saturated rings. The number of amides is 3. The van der Waals surface area contributed by atoms with E-state index in [-0.39, 0.29) is 23.9 Å². The van der Waals surface area contributed by atoms with Crippen molar-refractivity contribution in [2.45, 2.75) is 25.8 Å². The molecule has 0 radical (unpaired) electrons. The Morgan fingerprint density at radius 3 is 2.75 bits per heavy atom. The quantitative estimate of drug-likeness (QED) is 0.241. The van der Waals surface area contributed by atoms with Crippen molar-refractivity contribution in [1.29, 1.82) is 0 Å². The van der Waals surface area contributed by atoms with E-state index in [4.69, 9.17) is 11.5 Å². The van der Waals surface area contributed by atoms with E-state index in [1.165, 1.54) is 4.90 Å². The van der Waals surface area contributed by atoms with Crippen molar-refractivity contribution < 1.29 is 9.59 Å². The molecule has 1 rings (SSSR count). The molecular formula is C9H17N5O2. The maximum Gasteiger partial charge on any atom is 0.324 e. The Labute approximate surface area is 93.9 Å². The topological polar surface area (TPSA) is 114 Å². The molecule has 90 valence electrons. The fourth-order valence-electron chi connectivity index (χ4n) is 1.69. The zero-order valence-electron chi connectivity index (χ0n) is 9.27. The molecule has 3 amide bonds. The summed E-state index contributed by atoms with van der Waals surface area (Å²) in [5.74, 6) is -0.198. The first-order valence-electron chi connectivity index (χ1n) is 5.23. The van der Waals surface area contributed by atoms with Crippen LogP contribution in [-0.2, 0) is 4.79 Å². The molecule has 7 nitrogen and oxygen atoms in total. The molecular weight excluding hydrogens is 210 g/mol. The zero-order valence-corrected chi connectivity index (χ0v) is 9.27. The molecule has 0 aliphatic carbocycles. The number of carbonyl (C=O) groups excluding carboxylic acids is 2. The molecule has 1 aliphatic rings. The minimum atomic E-state index is -0.383. The van der Waals surface area contributed by atoms with Crippen molar-refractivity contribution >= 4 is 17.9 Å². The lowest BCUT2D eigenvalue weighted by atomic mass is 10.1. The predicted molar refractivity (Wildman–Crippen MR) is 59.6 cm³/mol. The highest BCUT2D eigenvalue weighted by Crippen LogP contribution is 2.13. The van der Waals surface area contributed by atoms with Gasteiger partial charge in [0.1, 0.15) is 6.04 Å². The molecule has 0 saturated carbocycles. The number of imide groups is 1. The van der Waals surface area contributed by atoms with Crippen molar-refractivity contribution in [3.63, 3.8) is 0 Å². The van der Waals surface area contributed by atoms with Gasteiger partial charge in [-0.05, 0) is 19.8 Å². The first-order chi connectivity index (χ1) is 7.56. The Kier molecular flexibility index (Phi) is 4.10. The van der Waals surface area contributed by atoms with Crippen LogP contribution in [0.15, 0.2) is 4.99 Å². The van der Waals surface area contributed by atoms with E-state index in [2.05, 4.69) is 10.3 Å². The summed E-state index contributed by atoms with van der Waals surface area (Å²) >= 11 is 0. The average molecular weight is 227 g/mol. The summed E-state index contributed by atoms with van der Waals surface area (Å²) in [6.07, 6.45) is 1.24. The van der Waals surface area contributed by atoms with Gasteiger partial charge in [-0.25, -0.2) is 4.79 Å². The molecule has 0 bridgehead atoms. The second-order valence-corrected chi connectivity index (χ2v) is 3.55. The van der Waals surface area contributed by atoms with Crippen LogP contribution < -0.4 is 16.8 Å². The van der Waals surface area contributed by atoms with Gasteiger partial charge in [-0.2, -0.15) is 0 Å². The molecule has 0 unspecified atom stereocenters. The van der Waals surface area contributed by atoms with E-state index in [1.54, 1.807) is 0 Å². The Balaban J connectivity index is 2.43. The van der Waals surface area contributed by atoms with Crippen LogP contribution in [-0.4, -0.2) is 41.9 Å². The van der Waals surface area contributed by atoms with Gasteiger partial charge in [-0.1, -0.05) is 0 Å². The molecule has 5 N–H and O–H groups in total. The first kappa shape index (κ1) is 12.3. The molecule has 0 aromatic heterocycles. The van der Waals surface area contributed by atoms with Gasteiger partial charge in [0.25, 0.3) is 5.91 Å². The third-order valence-electron chi connectivity index (χ3n) is 2.44. The summed E-state index contributed by atoms with van der Waals surface area (Å²) in [7, 11) is 0. The van der Waals surface area contributed by atoms with Crippen LogP contribution in [0, 0.1) is 0 Å². The van der Waals surface area contributed by atoms with Crippen molar-refractivity contribution in [1.82, 2.24) is 10.2 Å². The summed E-state index contributed by atoms with van der Waals surface area (Å²) < 4.78 is 0. The highest BCUT2D eigenvalue weighted by molar-refractivity contribution is 6.04. The Morgan fingerprint density at radius 1 is 1.50 bits per heavy atom. The number of hydrogen-bond acceptors (Lipinski definition) is 3. The van der Waals surface area contributed by atoms with Gasteiger partial charge in [-0.15, -0.1) is 0 Å². The average Bonchev–Trinajstić information content (AvgIpc) is 2.47. The van der Waals surface area contributed by atoms with Crippen molar-refractivity contribution in [2.75, 3.05) is 13.1 Å². The van der Waals surface area contributed by atoms with E-state index in [1.807, 2.05) is 6.92 Å². The maximum absolute atomic E-state index is 11.4. The lowest BCUT2D eigenvalue weighted by molar-refractivity contribution is -0.121. The molecule has 0 spiro atoms. The lowest BCUT2D eigenvalue weighted by Gasteiger charge is -2.18. The number of nitrogens with two attached hydrogens (primary N) is 2. The number of guanidine groups is 1. The van der Waals surface area contributed by atoms with E-state index in [9.17, 15) is 9.59 Å². The van der Waals surface area contributed by atoms with Crippen LogP contribution in [0.4, 0.5) is 4.79 Å². The van der Waals surface area contributed by atoms with Crippen LogP contribution in [0.3, 0.4) is 0 Å². The van der Waals surface area contributed by atoms with Crippen molar-refractivity contribution in [3.05, 3.63) is 0 Å². The molecule has 1 heterocycles. The van der Waals surface area contributed by atoms with Gasteiger partial charge in [0, 0.05) is 13.1 Å². The van der Waals surface area contributed by atoms with Crippen LogP contribution in [0.5, 0.6) is 0 Å². The third kappa shape index (κ3) is 2.85. The smallest absolute Gasteiger partial charge is 0.324 e. The number of urea groups is 1. The lowest BCUT2D eigenvalue weighted by Crippen LogP contribution is -2.35. The fourth-order valence-corrected chi connectivity index (χ4v) is 1.69. The zero-order chi connectivity index (χ0) is 12.1. The number of nitrogens with one attached hydrogen (secondary N) is 1. The molecule has 0 aromatic carbocycles. The summed E-state index contributed by atoms with van der Waals surface area (Å²) in [5, 5.41) is 2.28.